The molecular formula is C16H22N4S. The molecule has 4 nitrogen and oxygen atoms in total. The number of hydrogen-bond donors (Lipinski definition) is 1. The van der Waals surface area contributed by atoms with Gasteiger partial charge in [0.15, 0.2) is 0 Å². The minimum atomic E-state index is 0.191. The quantitative estimate of drug-likeness (QED) is 0.947. The lowest BCUT2D eigenvalue weighted by Crippen LogP contribution is -2.51. The second-order valence-corrected chi connectivity index (χ2v) is 7.58. The predicted molar refractivity (Wildman–Crippen MR) is 87.0 cm³/mol. The molecule has 2 aromatic heterocycles. The Hall–Kier alpha value is -1.30. The molecule has 0 aliphatic carbocycles. The third kappa shape index (κ3) is 3.31. The van der Waals surface area contributed by atoms with Gasteiger partial charge in [-0.2, -0.15) is 0 Å². The van der Waals surface area contributed by atoms with Gasteiger partial charge in [-0.25, -0.2) is 4.98 Å². The molecule has 0 aromatic carbocycles. The van der Waals surface area contributed by atoms with Crippen molar-refractivity contribution in [2.45, 2.75) is 32.9 Å². The number of hydrogen-bond acceptors (Lipinski definition) is 5. The summed E-state index contributed by atoms with van der Waals surface area (Å²) >= 11 is 1.77. The number of rotatable bonds is 3. The van der Waals surface area contributed by atoms with Gasteiger partial charge in [-0.3, -0.25) is 9.88 Å². The largest absolute Gasteiger partial charge is 0.327 e. The number of pyridine rings is 1. The lowest BCUT2D eigenvalue weighted by atomic mass is 9.80. The van der Waals surface area contributed by atoms with Crippen molar-refractivity contribution in [3.8, 4) is 10.6 Å². The monoisotopic (exact) mass is 302 g/mol. The van der Waals surface area contributed by atoms with Crippen LogP contribution in [0.1, 0.15) is 25.1 Å². The van der Waals surface area contributed by atoms with E-state index >= 15 is 0 Å². The molecule has 1 aliphatic heterocycles. The first-order valence-electron chi connectivity index (χ1n) is 7.38. The standard InChI is InChI=1S/C16H22N4S/c1-16(2)11-20(8-5-14(16)17)10-13-9-19-15(21-13)12-3-6-18-7-4-12/h3-4,6-7,9,14H,5,8,10-11,17H2,1-2H3. The normalized spacial score (nSPS) is 22.3. The van der Waals surface area contributed by atoms with Crippen molar-refractivity contribution in [3.63, 3.8) is 0 Å². The summed E-state index contributed by atoms with van der Waals surface area (Å²) in [5.74, 6) is 0. The summed E-state index contributed by atoms with van der Waals surface area (Å²) < 4.78 is 0. The van der Waals surface area contributed by atoms with Crippen LogP contribution in [0.15, 0.2) is 30.7 Å². The molecular weight excluding hydrogens is 280 g/mol. The second-order valence-electron chi connectivity index (χ2n) is 6.46. The Labute approximate surface area is 130 Å². The van der Waals surface area contributed by atoms with Crippen molar-refractivity contribution >= 4 is 11.3 Å². The minimum absolute atomic E-state index is 0.191. The van der Waals surface area contributed by atoms with Crippen LogP contribution < -0.4 is 5.73 Å². The Bertz CT molecular complexity index is 593. The topological polar surface area (TPSA) is 55.0 Å². The molecule has 2 aromatic rings. The third-order valence-corrected chi connectivity index (χ3v) is 5.28. The van der Waals surface area contributed by atoms with Crippen molar-refractivity contribution in [2.24, 2.45) is 11.1 Å². The highest BCUT2D eigenvalue weighted by atomic mass is 32.1. The van der Waals surface area contributed by atoms with Crippen LogP contribution in [0.4, 0.5) is 0 Å². The SMILES string of the molecule is CC1(C)CN(Cc2cnc(-c3ccncc3)s2)CCC1N. The van der Waals surface area contributed by atoms with E-state index in [0.717, 1.165) is 36.6 Å². The van der Waals surface area contributed by atoms with Gasteiger partial charge in [-0.15, -0.1) is 11.3 Å². The van der Waals surface area contributed by atoms with E-state index in [0.29, 0.717) is 6.04 Å². The molecule has 0 radical (unpaired) electrons. The fraction of sp³-hybridized carbons (Fsp3) is 0.500. The molecule has 1 saturated heterocycles. The lowest BCUT2D eigenvalue weighted by Gasteiger charge is -2.42. The number of aromatic nitrogens is 2. The van der Waals surface area contributed by atoms with E-state index in [-0.39, 0.29) is 5.41 Å². The Morgan fingerprint density at radius 1 is 1.38 bits per heavy atom. The number of thiazole rings is 1. The smallest absolute Gasteiger partial charge is 0.123 e. The third-order valence-electron chi connectivity index (χ3n) is 4.25. The van der Waals surface area contributed by atoms with Crippen LogP contribution in [0.5, 0.6) is 0 Å². The Morgan fingerprint density at radius 2 is 2.14 bits per heavy atom. The van der Waals surface area contributed by atoms with Crippen molar-refractivity contribution in [3.05, 3.63) is 35.6 Å². The highest BCUT2D eigenvalue weighted by Crippen LogP contribution is 2.30. The van der Waals surface area contributed by atoms with Gasteiger partial charge < -0.3 is 5.73 Å². The van der Waals surface area contributed by atoms with E-state index in [1.807, 2.05) is 30.7 Å². The highest BCUT2D eigenvalue weighted by molar-refractivity contribution is 7.15. The molecule has 21 heavy (non-hydrogen) atoms. The van der Waals surface area contributed by atoms with E-state index in [9.17, 15) is 0 Å². The first-order valence-corrected chi connectivity index (χ1v) is 8.19. The van der Waals surface area contributed by atoms with Gasteiger partial charge in [0.05, 0.1) is 0 Å². The highest BCUT2D eigenvalue weighted by Gasteiger charge is 2.33. The summed E-state index contributed by atoms with van der Waals surface area (Å²) in [6.07, 6.45) is 6.70. The summed E-state index contributed by atoms with van der Waals surface area (Å²) in [4.78, 5) is 12.4. The minimum Gasteiger partial charge on any atom is -0.327 e. The van der Waals surface area contributed by atoms with Crippen LogP contribution in [-0.4, -0.2) is 34.0 Å². The maximum Gasteiger partial charge on any atom is 0.123 e. The van der Waals surface area contributed by atoms with Gasteiger partial charge >= 0.3 is 0 Å². The van der Waals surface area contributed by atoms with Gasteiger partial charge in [0.2, 0.25) is 0 Å². The number of likely N-dealkylation sites (tertiary alicyclic amines) is 1. The first-order chi connectivity index (χ1) is 10.0. The van der Waals surface area contributed by atoms with Crippen LogP contribution >= 0.6 is 11.3 Å². The Balaban J connectivity index is 1.68. The maximum absolute atomic E-state index is 6.21. The summed E-state index contributed by atoms with van der Waals surface area (Å²) in [6, 6.07) is 4.32. The van der Waals surface area contributed by atoms with Crippen molar-refractivity contribution in [2.75, 3.05) is 13.1 Å². The fourth-order valence-corrected chi connectivity index (χ4v) is 3.81. The molecule has 1 aliphatic rings. The maximum atomic E-state index is 6.21. The zero-order chi connectivity index (χ0) is 14.9. The molecule has 0 bridgehead atoms. The van der Waals surface area contributed by atoms with Crippen molar-refractivity contribution in [1.82, 2.24) is 14.9 Å². The number of piperidine rings is 1. The average Bonchev–Trinajstić information content (AvgIpc) is 2.92. The first kappa shape index (κ1) is 14.6. The van der Waals surface area contributed by atoms with E-state index in [4.69, 9.17) is 5.73 Å². The summed E-state index contributed by atoms with van der Waals surface area (Å²) in [7, 11) is 0. The summed E-state index contributed by atoms with van der Waals surface area (Å²) in [6.45, 7) is 7.63. The van der Waals surface area contributed by atoms with Crippen LogP contribution in [0.3, 0.4) is 0 Å². The number of nitrogens with zero attached hydrogens (tertiary/aromatic N) is 3. The summed E-state index contributed by atoms with van der Waals surface area (Å²) in [5.41, 5.74) is 7.54. The molecule has 3 heterocycles. The molecule has 0 saturated carbocycles. The molecule has 2 N–H and O–H groups in total. The molecule has 0 spiro atoms. The van der Waals surface area contributed by atoms with Gasteiger partial charge in [0.1, 0.15) is 5.01 Å². The second kappa shape index (κ2) is 5.83. The van der Waals surface area contributed by atoms with Gasteiger partial charge in [-0.05, 0) is 24.0 Å². The molecule has 5 heteroatoms. The zero-order valence-electron chi connectivity index (χ0n) is 12.6. The predicted octanol–water partition coefficient (Wildman–Crippen LogP) is 2.76. The fourth-order valence-electron chi connectivity index (χ4n) is 2.85. The number of nitrogens with two attached hydrogens (primary N) is 1. The van der Waals surface area contributed by atoms with Crippen LogP contribution in [0.25, 0.3) is 10.6 Å². The van der Waals surface area contributed by atoms with Gasteiger partial charge in [-0.1, -0.05) is 13.8 Å². The van der Waals surface area contributed by atoms with E-state index < -0.39 is 0 Å². The molecule has 1 fully saturated rings. The Morgan fingerprint density at radius 3 is 2.86 bits per heavy atom. The molecule has 112 valence electrons. The van der Waals surface area contributed by atoms with Gasteiger partial charge in [0, 0.05) is 54.7 Å². The molecule has 1 unspecified atom stereocenters. The van der Waals surface area contributed by atoms with Crippen LogP contribution in [0, 0.1) is 5.41 Å². The van der Waals surface area contributed by atoms with E-state index in [2.05, 4.69) is 28.7 Å². The van der Waals surface area contributed by atoms with Crippen molar-refractivity contribution in [1.29, 1.82) is 0 Å². The zero-order valence-corrected chi connectivity index (χ0v) is 13.4. The van der Waals surface area contributed by atoms with Crippen LogP contribution in [0.2, 0.25) is 0 Å². The van der Waals surface area contributed by atoms with Crippen LogP contribution in [-0.2, 0) is 6.54 Å². The summed E-state index contributed by atoms with van der Waals surface area (Å²) in [5, 5.41) is 1.07. The van der Waals surface area contributed by atoms with Crippen molar-refractivity contribution < 1.29 is 0 Å². The molecule has 3 rings (SSSR count). The Kier molecular flexibility index (Phi) is 4.06. The molecule has 1 atom stereocenters. The average molecular weight is 302 g/mol. The van der Waals surface area contributed by atoms with E-state index in [1.165, 1.54) is 4.88 Å². The lowest BCUT2D eigenvalue weighted by molar-refractivity contribution is 0.0906. The van der Waals surface area contributed by atoms with E-state index in [1.54, 1.807) is 11.3 Å². The van der Waals surface area contributed by atoms with Gasteiger partial charge in [0.25, 0.3) is 0 Å². The molecule has 0 amide bonds.